The summed E-state index contributed by atoms with van der Waals surface area (Å²) in [4.78, 5) is 127. The van der Waals surface area contributed by atoms with Crippen molar-refractivity contribution in [1.82, 2.24) is 46.6 Å². The van der Waals surface area contributed by atoms with Gasteiger partial charge in [0, 0.05) is 19.6 Å². The summed E-state index contributed by atoms with van der Waals surface area (Å²) in [5, 5.41) is 26.6. The molecule has 0 unspecified atom stereocenters. The minimum Gasteiger partial charge on any atom is -0.480 e. The van der Waals surface area contributed by atoms with Crippen LogP contribution in [0.4, 0.5) is 0 Å². The van der Waals surface area contributed by atoms with Crippen LogP contribution in [0.2, 0.25) is 0 Å². The summed E-state index contributed by atoms with van der Waals surface area (Å²) in [6, 6.07) is -8.04. The highest BCUT2D eigenvalue weighted by Gasteiger charge is 2.47. The van der Waals surface area contributed by atoms with Crippen molar-refractivity contribution < 1.29 is 48.3 Å². The fourth-order valence-corrected chi connectivity index (χ4v) is 9.92. The van der Waals surface area contributed by atoms with E-state index in [4.69, 9.17) is 0 Å². The number of nitrogens with one attached hydrogen (secondary N) is 6. The largest absolute Gasteiger partial charge is 0.480 e. The fourth-order valence-electron chi connectivity index (χ4n) is 9.45. The van der Waals surface area contributed by atoms with Gasteiger partial charge in [-0.3, -0.25) is 38.4 Å². The molecule has 0 aromatic rings. The Morgan fingerprint density at radius 2 is 1.05 bits per heavy atom. The molecule has 66 heavy (non-hydrogen) atoms. The van der Waals surface area contributed by atoms with Crippen molar-refractivity contribution in [3.8, 4) is 0 Å². The predicted molar refractivity (Wildman–Crippen MR) is 250 cm³/mol. The number of hydrogen-bond acceptors (Lipinski definition) is 11. The standard InChI is InChI=1S/C46H77N9O10S/c1-26(2)23-32(41(59)49-31(17-22-66-8)40(58)52-34(46(64)65)25-28(5)6)50-42(60)35-14-10-19-53(35)44(62)37-16-12-21-55(37)45(63)36-15-11-20-54(36)43(61)33(24-27(3)4)51-38(56)29(7)48-39(57)30-13-9-18-47-30/h26-37,47H,9-25H2,1-8H3,(H,48,57)(H,49,59)(H,50,60)(H,51,56)(H,52,58)(H,64,65)/t29-,30-,31-,32-,33-,34-,35-,36-,37-/m0/s1. The summed E-state index contributed by atoms with van der Waals surface area (Å²) in [6.45, 7) is 14.5. The molecular formula is C46H77N9O10S. The number of nitrogens with zero attached hydrogens (tertiary/aromatic N) is 3. The Kier molecular flexibility index (Phi) is 21.0. The van der Waals surface area contributed by atoms with Gasteiger partial charge in [0.15, 0.2) is 0 Å². The third kappa shape index (κ3) is 15.0. The van der Waals surface area contributed by atoms with Crippen LogP contribution in [0.1, 0.15) is 126 Å². The number of rotatable bonds is 23. The molecule has 4 aliphatic rings. The molecule has 4 aliphatic heterocycles. The summed E-state index contributed by atoms with van der Waals surface area (Å²) in [5.41, 5.74) is 0. The lowest BCUT2D eigenvalue weighted by atomic mass is 10.0. The maximum Gasteiger partial charge on any atom is 0.326 e. The topological polar surface area (TPSA) is 256 Å². The van der Waals surface area contributed by atoms with Crippen LogP contribution in [0.25, 0.3) is 0 Å². The van der Waals surface area contributed by atoms with E-state index in [0.29, 0.717) is 70.2 Å². The van der Waals surface area contributed by atoms with Crippen molar-refractivity contribution in [3.05, 3.63) is 0 Å². The van der Waals surface area contributed by atoms with E-state index in [2.05, 4.69) is 31.9 Å². The van der Waals surface area contributed by atoms with Crippen LogP contribution in [0, 0.1) is 17.8 Å². The summed E-state index contributed by atoms with van der Waals surface area (Å²) in [5.74, 6) is -4.35. The second-order valence-corrected chi connectivity index (χ2v) is 20.7. The number of hydrogen-bond donors (Lipinski definition) is 7. The smallest absolute Gasteiger partial charge is 0.326 e. The molecule has 4 heterocycles. The van der Waals surface area contributed by atoms with Crippen molar-refractivity contribution in [2.45, 2.75) is 180 Å². The minimum absolute atomic E-state index is 0.00424. The van der Waals surface area contributed by atoms with Gasteiger partial charge in [0.2, 0.25) is 47.3 Å². The van der Waals surface area contributed by atoms with Gasteiger partial charge in [-0.25, -0.2) is 4.79 Å². The number of carboxylic acids is 1. The van der Waals surface area contributed by atoms with Crippen LogP contribution in [0.3, 0.4) is 0 Å². The van der Waals surface area contributed by atoms with Crippen molar-refractivity contribution in [2.75, 3.05) is 38.2 Å². The number of carboxylic acid groups (broad SMARTS) is 1. The zero-order valence-electron chi connectivity index (χ0n) is 40.3. The molecule has 372 valence electrons. The number of aliphatic carboxylic acids is 1. The summed E-state index contributed by atoms with van der Waals surface area (Å²) in [6.07, 6.45) is 7.12. The van der Waals surface area contributed by atoms with Crippen molar-refractivity contribution in [2.24, 2.45) is 17.8 Å². The molecule has 0 spiro atoms. The van der Waals surface area contributed by atoms with Crippen LogP contribution in [0.5, 0.6) is 0 Å². The van der Waals surface area contributed by atoms with E-state index >= 15 is 0 Å². The number of carbonyl (C=O) groups excluding carboxylic acids is 8. The van der Waals surface area contributed by atoms with E-state index in [9.17, 15) is 48.3 Å². The van der Waals surface area contributed by atoms with Crippen LogP contribution in [-0.4, -0.2) is 166 Å². The van der Waals surface area contributed by atoms with E-state index in [-0.39, 0.29) is 67.3 Å². The Bertz CT molecular complexity index is 1740. The molecule has 0 bridgehead atoms. The SMILES string of the molecule is CSCC[C@H](NC(=O)[C@H](CC(C)C)NC(=O)[C@@H]1CCCN1C(=O)[C@@H]1CCCN1C(=O)[C@@H]1CCCN1C(=O)[C@H](CC(C)C)NC(=O)[C@H](C)NC(=O)[C@@H]1CCCN1)C(=O)N[C@@H](CC(C)C)C(=O)O. The van der Waals surface area contributed by atoms with Crippen molar-refractivity contribution in [1.29, 1.82) is 0 Å². The number of thioether (sulfide) groups is 1. The predicted octanol–water partition coefficient (Wildman–Crippen LogP) is 1.13. The van der Waals surface area contributed by atoms with Gasteiger partial charge in [-0.05, 0) is 120 Å². The normalized spacial score (nSPS) is 23.0. The average Bonchev–Trinajstić information content (AvgIpc) is 4.10. The van der Waals surface area contributed by atoms with E-state index in [1.807, 2.05) is 47.8 Å². The molecule has 4 saturated heterocycles. The molecule has 0 aliphatic carbocycles. The molecule has 0 radical (unpaired) electrons. The number of likely N-dealkylation sites (tertiary alicyclic amines) is 3. The molecule has 0 aromatic heterocycles. The maximum absolute atomic E-state index is 14.4. The Morgan fingerprint density at radius 3 is 1.59 bits per heavy atom. The second-order valence-electron chi connectivity index (χ2n) is 19.7. The third-order valence-corrected chi connectivity index (χ3v) is 13.5. The van der Waals surface area contributed by atoms with Gasteiger partial charge in [-0.1, -0.05) is 41.5 Å². The second kappa shape index (κ2) is 25.6. The average molecular weight is 948 g/mol. The Hall–Kier alpha value is -4.46. The number of amides is 8. The maximum atomic E-state index is 14.4. The molecular weight excluding hydrogens is 871 g/mol. The first-order valence-electron chi connectivity index (χ1n) is 24.1. The highest BCUT2D eigenvalue weighted by Crippen LogP contribution is 2.29. The molecule has 4 fully saturated rings. The minimum atomic E-state index is -1.17. The molecule has 20 heteroatoms. The molecule has 19 nitrogen and oxygen atoms in total. The Labute approximate surface area is 394 Å². The zero-order chi connectivity index (χ0) is 48.8. The quantitative estimate of drug-likeness (QED) is 0.0762. The van der Waals surface area contributed by atoms with Gasteiger partial charge in [-0.15, -0.1) is 0 Å². The summed E-state index contributed by atoms with van der Waals surface area (Å²) >= 11 is 1.47. The van der Waals surface area contributed by atoms with Gasteiger partial charge in [0.25, 0.3) is 0 Å². The van der Waals surface area contributed by atoms with Crippen LogP contribution in [0.15, 0.2) is 0 Å². The first-order valence-corrected chi connectivity index (χ1v) is 25.5. The Morgan fingerprint density at radius 1 is 0.561 bits per heavy atom. The summed E-state index contributed by atoms with van der Waals surface area (Å²) < 4.78 is 0. The number of carbonyl (C=O) groups is 9. The fraction of sp³-hybridized carbons (Fsp3) is 0.804. The summed E-state index contributed by atoms with van der Waals surface area (Å²) in [7, 11) is 0. The molecule has 4 rings (SSSR count). The van der Waals surface area contributed by atoms with Gasteiger partial charge in [0.05, 0.1) is 6.04 Å². The molecule has 0 aromatic carbocycles. The molecule has 0 saturated carbocycles. The van der Waals surface area contributed by atoms with Crippen LogP contribution in [-0.2, 0) is 43.2 Å². The third-order valence-electron chi connectivity index (χ3n) is 12.8. The Balaban J connectivity index is 1.43. The molecule has 9 atom stereocenters. The zero-order valence-corrected chi connectivity index (χ0v) is 41.1. The highest BCUT2D eigenvalue weighted by atomic mass is 32.2. The van der Waals surface area contributed by atoms with E-state index in [1.165, 1.54) is 26.5 Å². The lowest BCUT2D eigenvalue weighted by Crippen LogP contribution is -2.59. The van der Waals surface area contributed by atoms with Crippen molar-refractivity contribution >= 4 is 65.0 Å². The monoisotopic (exact) mass is 948 g/mol. The van der Waals surface area contributed by atoms with Gasteiger partial charge < -0.3 is 51.7 Å². The van der Waals surface area contributed by atoms with Crippen LogP contribution < -0.4 is 31.9 Å². The highest BCUT2D eigenvalue weighted by molar-refractivity contribution is 7.98. The molecule has 7 N–H and O–H groups in total. The van der Waals surface area contributed by atoms with Crippen LogP contribution >= 0.6 is 11.8 Å². The first-order chi connectivity index (χ1) is 31.2. The van der Waals surface area contributed by atoms with E-state index in [0.717, 1.165) is 13.0 Å². The van der Waals surface area contributed by atoms with E-state index < -0.39 is 83.8 Å². The van der Waals surface area contributed by atoms with Gasteiger partial charge >= 0.3 is 5.97 Å². The lowest BCUT2D eigenvalue weighted by molar-refractivity contribution is -0.151. The van der Waals surface area contributed by atoms with Gasteiger partial charge in [0.1, 0.15) is 48.3 Å². The van der Waals surface area contributed by atoms with Crippen molar-refractivity contribution in [3.63, 3.8) is 0 Å². The lowest BCUT2D eigenvalue weighted by Gasteiger charge is -2.35. The van der Waals surface area contributed by atoms with E-state index in [1.54, 1.807) is 6.92 Å². The molecule has 8 amide bonds. The first kappa shape index (κ1) is 54.1. The van der Waals surface area contributed by atoms with Gasteiger partial charge in [-0.2, -0.15) is 11.8 Å².